The monoisotopic (exact) mass is 304 g/mol. The van der Waals surface area contributed by atoms with Crippen LogP contribution in [0.15, 0.2) is 30.3 Å². The van der Waals surface area contributed by atoms with Gasteiger partial charge in [-0.1, -0.05) is 37.3 Å². The number of nitrogens with zero attached hydrogens (tertiary/aromatic N) is 2. The molecule has 122 valence electrons. The number of aliphatic carboxylic acids is 1. The molecule has 4 heteroatoms. The Morgan fingerprint density at radius 2 is 2.09 bits per heavy atom. The van der Waals surface area contributed by atoms with Crippen LogP contribution in [-0.4, -0.2) is 53.6 Å². The highest BCUT2D eigenvalue weighted by atomic mass is 16.4. The molecule has 1 aliphatic heterocycles. The summed E-state index contributed by atoms with van der Waals surface area (Å²) >= 11 is 0. The van der Waals surface area contributed by atoms with Crippen molar-refractivity contribution in [1.29, 1.82) is 0 Å². The molecule has 0 amide bonds. The first-order valence-corrected chi connectivity index (χ1v) is 8.24. The van der Waals surface area contributed by atoms with Gasteiger partial charge in [0.05, 0.1) is 0 Å². The number of carbonyl (C=O) groups is 1. The van der Waals surface area contributed by atoms with Crippen molar-refractivity contribution in [2.45, 2.75) is 38.8 Å². The van der Waals surface area contributed by atoms with E-state index in [-0.39, 0.29) is 6.42 Å². The number of carboxylic acid groups (broad SMARTS) is 1. The number of piperidine rings is 1. The van der Waals surface area contributed by atoms with Gasteiger partial charge in [0, 0.05) is 25.6 Å². The second-order valence-electron chi connectivity index (χ2n) is 6.53. The highest BCUT2D eigenvalue weighted by molar-refractivity contribution is 5.66. The molecule has 0 saturated carbocycles. The molecule has 2 unspecified atom stereocenters. The second kappa shape index (κ2) is 8.30. The quantitative estimate of drug-likeness (QED) is 0.841. The molecule has 0 aliphatic carbocycles. The van der Waals surface area contributed by atoms with Crippen LogP contribution in [0.4, 0.5) is 0 Å². The number of hydrogen-bond acceptors (Lipinski definition) is 3. The van der Waals surface area contributed by atoms with Gasteiger partial charge in [-0.2, -0.15) is 0 Å². The highest BCUT2D eigenvalue weighted by Gasteiger charge is 2.28. The van der Waals surface area contributed by atoms with Gasteiger partial charge in [0.2, 0.25) is 0 Å². The fourth-order valence-electron chi connectivity index (χ4n) is 3.51. The minimum atomic E-state index is -0.695. The summed E-state index contributed by atoms with van der Waals surface area (Å²) in [5.41, 5.74) is 1.38. The average Bonchev–Trinajstić information content (AvgIpc) is 2.48. The minimum Gasteiger partial charge on any atom is -0.481 e. The molecular formula is C18H28N2O2. The lowest BCUT2D eigenvalue weighted by Crippen LogP contribution is -2.48. The van der Waals surface area contributed by atoms with Crippen molar-refractivity contribution in [3.05, 3.63) is 35.9 Å². The van der Waals surface area contributed by atoms with Crippen molar-refractivity contribution in [1.82, 2.24) is 9.80 Å². The van der Waals surface area contributed by atoms with Crippen LogP contribution in [0.3, 0.4) is 0 Å². The van der Waals surface area contributed by atoms with Crippen LogP contribution in [0.1, 0.15) is 31.7 Å². The van der Waals surface area contributed by atoms with Gasteiger partial charge in [-0.3, -0.25) is 9.69 Å². The molecule has 0 aromatic heterocycles. The molecule has 0 radical (unpaired) electrons. The van der Waals surface area contributed by atoms with Gasteiger partial charge < -0.3 is 10.0 Å². The molecule has 1 fully saturated rings. The van der Waals surface area contributed by atoms with E-state index < -0.39 is 5.97 Å². The Kier molecular flexibility index (Phi) is 6.40. The minimum absolute atomic E-state index is 0.269. The van der Waals surface area contributed by atoms with Gasteiger partial charge in [-0.15, -0.1) is 0 Å². The molecule has 1 heterocycles. The molecule has 0 spiro atoms. The third-order valence-corrected chi connectivity index (χ3v) is 4.66. The third-order valence-electron chi connectivity index (χ3n) is 4.66. The predicted octanol–water partition coefficient (Wildman–Crippen LogP) is 2.69. The fourth-order valence-corrected chi connectivity index (χ4v) is 3.51. The van der Waals surface area contributed by atoms with Gasteiger partial charge in [-0.05, 0) is 44.5 Å². The maximum atomic E-state index is 10.6. The SMILES string of the molecule is CC1CN(Cc2ccccc2)CCC1N(C)CCCC(=O)O. The smallest absolute Gasteiger partial charge is 0.303 e. The Labute approximate surface area is 133 Å². The summed E-state index contributed by atoms with van der Waals surface area (Å²) in [6.45, 7) is 6.45. The molecule has 4 nitrogen and oxygen atoms in total. The van der Waals surface area contributed by atoms with Crippen molar-refractivity contribution < 1.29 is 9.90 Å². The Balaban J connectivity index is 1.78. The lowest BCUT2D eigenvalue weighted by molar-refractivity contribution is -0.137. The summed E-state index contributed by atoms with van der Waals surface area (Å²) in [4.78, 5) is 15.5. The Bertz CT molecular complexity index is 463. The second-order valence-corrected chi connectivity index (χ2v) is 6.53. The number of carboxylic acids is 1. The Morgan fingerprint density at radius 3 is 2.73 bits per heavy atom. The first-order chi connectivity index (χ1) is 10.6. The molecule has 2 rings (SSSR count). The third kappa shape index (κ3) is 5.11. The molecule has 1 aromatic rings. The zero-order valence-electron chi connectivity index (χ0n) is 13.7. The molecule has 1 saturated heterocycles. The van der Waals surface area contributed by atoms with Crippen LogP contribution in [0, 0.1) is 5.92 Å². The first-order valence-electron chi connectivity index (χ1n) is 8.24. The van der Waals surface area contributed by atoms with E-state index in [2.05, 4.69) is 54.1 Å². The van der Waals surface area contributed by atoms with E-state index >= 15 is 0 Å². The van der Waals surface area contributed by atoms with Gasteiger partial charge in [-0.25, -0.2) is 0 Å². The van der Waals surface area contributed by atoms with Crippen molar-refractivity contribution in [3.63, 3.8) is 0 Å². The molecule has 22 heavy (non-hydrogen) atoms. The summed E-state index contributed by atoms with van der Waals surface area (Å²) < 4.78 is 0. The van der Waals surface area contributed by atoms with E-state index in [0.717, 1.165) is 39.0 Å². The van der Waals surface area contributed by atoms with E-state index in [1.807, 2.05) is 0 Å². The van der Waals surface area contributed by atoms with E-state index in [1.54, 1.807) is 0 Å². The Hall–Kier alpha value is -1.39. The molecule has 1 aliphatic rings. The van der Waals surface area contributed by atoms with Crippen LogP contribution >= 0.6 is 0 Å². The van der Waals surface area contributed by atoms with E-state index in [0.29, 0.717) is 12.0 Å². The van der Waals surface area contributed by atoms with Crippen LogP contribution in [-0.2, 0) is 11.3 Å². The van der Waals surface area contributed by atoms with Crippen LogP contribution in [0.25, 0.3) is 0 Å². The van der Waals surface area contributed by atoms with Crippen molar-refractivity contribution in [2.24, 2.45) is 5.92 Å². The number of likely N-dealkylation sites (tertiary alicyclic amines) is 1. The number of hydrogen-bond donors (Lipinski definition) is 1. The standard InChI is InChI=1S/C18H28N2O2/c1-15-13-20(14-16-7-4-3-5-8-16)12-10-17(15)19(2)11-6-9-18(21)22/h3-5,7-8,15,17H,6,9-14H2,1-2H3,(H,21,22). The van der Waals surface area contributed by atoms with Gasteiger partial charge in [0.15, 0.2) is 0 Å². The molecular weight excluding hydrogens is 276 g/mol. The molecule has 1 N–H and O–H groups in total. The largest absolute Gasteiger partial charge is 0.481 e. The highest BCUT2D eigenvalue weighted by Crippen LogP contribution is 2.23. The van der Waals surface area contributed by atoms with Crippen LogP contribution < -0.4 is 0 Å². The normalized spacial score (nSPS) is 22.9. The number of rotatable bonds is 7. The molecule has 2 atom stereocenters. The van der Waals surface area contributed by atoms with Gasteiger partial charge in [0.25, 0.3) is 0 Å². The molecule has 0 bridgehead atoms. The summed E-state index contributed by atoms with van der Waals surface area (Å²) in [5, 5.41) is 8.74. The van der Waals surface area contributed by atoms with Crippen molar-refractivity contribution >= 4 is 5.97 Å². The van der Waals surface area contributed by atoms with Gasteiger partial charge in [0.1, 0.15) is 0 Å². The topological polar surface area (TPSA) is 43.8 Å². The van der Waals surface area contributed by atoms with Crippen LogP contribution in [0.2, 0.25) is 0 Å². The summed E-state index contributed by atoms with van der Waals surface area (Å²) in [6, 6.07) is 11.2. The summed E-state index contributed by atoms with van der Waals surface area (Å²) in [5.74, 6) is -0.0774. The zero-order valence-corrected chi connectivity index (χ0v) is 13.7. The van der Waals surface area contributed by atoms with E-state index in [4.69, 9.17) is 5.11 Å². The fraction of sp³-hybridized carbons (Fsp3) is 0.611. The van der Waals surface area contributed by atoms with Gasteiger partial charge >= 0.3 is 5.97 Å². The van der Waals surface area contributed by atoms with Crippen molar-refractivity contribution in [2.75, 3.05) is 26.7 Å². The number of benzene rings is 1. The zero-order chi connectivity index (χ0) is 15.9. The first kappa shape index (κ1) is 17.0. The van der Waals surface area contributed by atoms with Crippen molar-refractivity contribution in [3.8, 4) is 0 Å². The summed E-state index contributed by atoms with van der Waals surface area (Å²) in [6.07, 6.45) is 2.17. The summed E-state index contributed by atoms with van der Waals surface area (Å²) in [7, 11) is 2.13. The average molecular weight is 304 g/mol. The Morgan fingerprint density at radius 1 is 1.36 bits per heavy atom. The molecule has 1 aromatic carbocycles. The maximum absolute atomic E-state index is 10.6. The lowest BCUT2D eigenvalue weighted by Gasteiger charge is -2.41. The van der Waals surface area contributed by atoms with E-state index in [9.17, 15) is 4.79 Å². The van der Waals surface area contributed by atoms with Crippen LogP contribution in [0.5, 0.6) is 0 Å². The lowest BCUT2D eigenvalue weighted by atomic mass is 9.92. The predicted molar refractivity (Wildman–Crippen MR) is 88.8 cm³/mol. The maximum Gasteiger partial charge on any atom is 0.303 e. The van der Waals surface area contributed by atoms with E-state index in [1.165, 1.54) is 5.56 Å².